The summed E-state index contributed by atoms with van der Waals surface area (Å²) in [7, 11) is 0. The SMILES string of the molecule is CSc1ccc(CNC(=O)C2(n3cccn3)CCNCC2)cc1.Cl. The van der Waals surface area contributed by atoms with Gasteiger partial charge in [-0.05, 0) is 55.9 Å². The molecule has 2 aromatic rings. The third-order valence-electron chi connectivity index (χ3n) is 4.41. The predicted molar refractivity (Wildman–Crippen MR) is 99.6 cm³/mol. The van der Waals surface area contributed by atoms with Crippen LogP contribution >= 0.6 is 24.2 Å². The van der Waals surface area contributed by atoms with Gasteiger partial charge in [-0.15, -0.1) is 24.2 Å². The number of rotatable bonds is 5. The molecule has 130 valence electrons. The summed E-state index contributed by atoms with van der Waals surface area (Å²) in [5.41, 5.74) is 0.536. The Balaban J connectivity index is 0.00000208. The third kappa shape index (κ3) is 3.94. The average molecular weight is 367 g/mol. The zero-order valence-corrected chi connectivity index (χ0v) is 15.3. The smallest absolute Gasteiger partial charge is 0.248 e. The molecule has 1 aliphatic heterocycles. The summed E-state index contributed by atoms with van der Waals surface area (Å²) in [5.74, 6) is 0.0524. The molecule has 2 N–H and O–H groups in total. The van der Waals surface area contributed by atoms with Crippen molar-refractivity contribution in [1.82, 2.24) is 20.4 Å². The standard InChI is InChI=1S/C17H22N4OS.ClH/c1-23-15-5-3-14(4-6-15)13-19-16(22)17(7-10-18-11-8-17)21-12-2-9-20-21;/h2-6,9,12,18H,7-8,10-11,13H2,1H3,(H,19,22);1H. The fourth-order valence-corrected chi connectivity index (χ4v) is 3.42. The summed E-state index contributed by atoms with van der Waals surface area (Å²) in [6.07, 6.45) is 7.19. The highest BCUT2D eigenvalue weighted by molar-refractivity contribution is 7.98. The van der Waals surface area contributed by atoms with Crippen LogP contribution in [0.15, 0.2) is 47.6 Å². The normalized spacial score (nSPS) is 16.2. The van der Waals surface area contributed by atoms with E-state index < -0.39 is 5.54 Å². The Hall–Kier alpha value is -1.50. The first-order valence-corrected chi connectivity index (χ1v) is 9.09. The highest BCUT2D eigenvalue weighted by Crippen LogP contribution is 2.27. The molecule has 2 heterocycles. The lowest BCUT2D eigenvalue weighted by Gasteiger charge is -2.36. The van der Waals surface area contributed by atoms with Crippen molar-refractivity contribution < 1.29 is 4.79 Å². The van der Waals surface area contributed by atoms with E-state index in [9.17, 15) is 4.79 Å². The summed E-state index contributed by atoms with van der Waals surface area (Å²) in [4.78, 5) is 14.1. The van der Waals surface area contributed by atoms with Crippen molar-refractivity contribution in [3.05, 3.63) is 48.3 Å². The molecule has 0 bridgehead atoms. The summed E-state index contributed by atoms with van der Waals surface area (Å²) in [6, 6.07) is 10.2. The Morgan fingerprint density at radius 3 is 2.62 bits per heavy atom. The lowest BCUT2D eigenvalue weighted by molar-refractivity contribution is -0.132. The maximum absolute atomic E-state index is 12.9. The first kappa shape index (κ1) is 18.8. The van der Waals surface area contributed by atoms with E-state index in [0.717, 1.165) is 31.5 Å². The number of piperidine rings is 1. The molecular formula is C17H23ClN4OS. The quantitative estimate of drug-likeness (QED) is 0.798. The van der Waals surface area contributed by atoms with Crippen molar-refractivity contribution in [2.75, 3.05) is 19.3 Å². The molecule has 0 spiro atoms. The number of amides is 1. The average Bonchev–Trinajstić information content (AvgIpc) is 3.16. The summed E-state index contributed by atoms with van der Waals surface area (Å²) >= 11 is 1.72. The van der Waals surface area contributed by atoms with Crippen molar-refractivity contribution in [2.45, 2.75) is 29.8 Å². The fraction of sp³-hybridized carbons (Fsp3) is 0.412. The minimum Gasteiger partial charge on any atom is -0.350 e. The number of hydrogen-bond donors (Lipinski definition) is 2. The number of halogens is 1. The second-order valence-corrected chi connectivity index (χ2v) is 6.64. The Kier molecular flexibility index (Phi) is 6.71. The number of aromatic nitrogens is 2. The lowest BCUT2D eigenvalue weighted by atomic mass is 9.87. The van der Waals surface area contributed by atoms with Crippen molar-refractivity contribution in [2.24, 2.45) is 0 Å². The number of thioether (sulfide) groups is 1. The molecule has 1 amide bonds. The van der Waals surface area contributed by atoms with E-state index in [2.05, 4.69) is 46.3 Å². The van der Waals surface area contributed by atoms with Gasteiger partial charge in [0.1, 0.15) is 5.54 Å². The van der Waals surface area contributed by atoms with Crippen molar-refractivity contribution >= 4 is 30.1 Å². The van der Waals surface area contributed by atoms with Crippen LogP contribution in [0.3, 0.4) is 0 Å². The van der Waals surface area contributed by atoms with Gasteiger partial charge in [0.15, 0.2) is 0 Å². The predicted octanol–water partition coefficient (Wildman–Crippen LogP) is 2.42. The Morgan fingerprint density at radius 1 is 1.33 bits per heavy atom. The summed E-state index contributed by atoms with van der Waals surface area (Å²) < 4.78 is 1.82. The van der Waals surface area contributed by atoms with E-state index in [1.807, 2.05) is 16.9 Å². The first-order valence-electron chi connectivity index (χ1n) is 7.87. The van der Waals surface area contributed by atoms with Crippen LogP contribution in [0, 0.1) is 0 Å². The summed E-state index contributed by atoms with van der Waals surface area (Å²) in [5, 5.41) is 10.8. The Labute approximate surface area is 153 Å². The molecule has 1 saturated heterocycles. The van der Waals surface area contributed by atoms with Gasteiger partial charge in [-0.25, -0.2) is 0 Å². The molecule has 0 radical (unpaired) electrons. The fourth-order valence-electron chi connectivity index (χ4n) is 3.01. The van der Waals surface area contributed by atoms with Gasteiger partial charge in [0.25, 0.3) is 0 Å². The van der Waals surface area contributed by atoms with Crippen LogP contribution < -0.4 is 10.6 Å². The van der Waals surface area contributed by atoms with Crippen LogP contribution in [0.5, 0.6) is 0 Å². The van der Waals surface area contributed by atoms with Crippen LogP contribution in [0.25, 0.3) is 0 Å². The van der Waals surface area contributed by atoms with Crippen molar-refractivity contribution in [3.63, 3.8) is 0 Å². The van der Waals surface area contributed by atoms with E-state index in [0.29, 0.717) is 6.54 Å². The molecule has 24 heavy (non-hydrogen) atoms. The molecule has 1 aliphatic rings. The molecule has 0 aliphatic carbocycles. The molecular weight excluding hydrogens is 344 g/mol. The minimum absolute atomic E-state index is 0. The van der Waals surface area contributed by atoms with Gasteiger partial charge in [0, 0.05) is 23.8 Å². The van der Waals surface area contributed by atoms with Crippen LogP contribution in [0.1, 0.15) is 18.4 Å². The van der Waals surface area contributed by atoms with Crippen LogP contribution in [0.2, 0.25) is 0 Å². The molecule has 1 aromatic carbocycles. The van der Waals surface area contributed by atoms with Gasteiger partial charge in [-0.1, -0.05) is 12.1 Å². The number of hydrogen-bond acceptors (Lipinski definition) is 4. The topological polar surface area (TPSA) is 59.0 Å². The molecule has 3 rings (SSSR count). The Bertz CT molecular complexity index is 639. The van der Waals surface area contributed by atoms with Crippen LogP contribution in [-0.4, -0.2) is 35.0 Å². The first-order chi connectivity index (χ1) is 11.2. The van der Waals surface area contributed by atoms with Gasteiger partial charge in [0.05, 0.1) is 0 Å². The second-order valence-electron chi connectivity index (χ2n) is 5.76. The molecule has 0 unspecified atom stereocenters. The zero-order valence-electron chi connectivity index (χ0n) is 13.7. The van der Waals surface area contributed by atoms with Gasteiger partial charge in [0.2, 0.25) is 5.91 Å². The number of carbonyl (C=O) groups excluding carboxylic acids is 1. The molecule has 7 heteroatoms. The summed E-state index contributed by atoms with van der Waals surface area (Å²) in [6.45, 7) is 2.20. The number of nitrogens with zero attached hydrogens (tertiary/aromatic N) is 2. The minimum atomic E-state index is -0.575. The van der Waals surface area contributed by atoms with Crippen LogP contribution in [-0.2, 0) is 16.9 Å². The largest absolute Gasteiger partial charge is 0.350 e. The number of benzene rings is 1. The zero-order chi connectivity index (χ0) is 16.1. The molecule has 1 aromatic heterocycles. The number of nitrogens with one attached hydrogen (secondary N) is 2. The van der Waals surface area contributed by atoms with E-state index in [4.69, 9.17) is 0 Å². The van der Waals surface area contributed by atoms with Crippen molar-refractivity contribution in [1.29, 1.82) is 0 Å². The van der Waals surface area contributed by atoms with E-state index in [-0.39, 0.29) is 18.3 Å². The molecule has 0 saturated carbocycles. The van der Waals surface area contributed by atoms with Gasteiger partial charge < -0.3 is 10.6 Å². The van der Waals surface area contributed by atoms with E-state index >= 15 is 0 Å². The van der Waals surface area contributed by atoms with Gasteiger partial charge in [-0.3, -0.25) is 9.48 Å². The van der Waals surface area contributed by atoms with Gasteiger partial charge >= 0.3 is 0 Å². The maximum atomic E-state index is 12.9. The molecule has 1 fully saturated rings. The lowest BCUT2D eigenvalue weighted by Crippen LogP contribution is -2.54. The van der Waals surface area contributed by atoms with E-state index in [1.165, 1.54) is 4.90 Å². The monoisotopic (exact) mass is 366 g/mol. The molecule has 0 atom stereocenters. The second kappa shape index (κ2) is 8.55. The van der Waals surface area contributed by atoms with Crippen LogP contribution in [0.4, 0.5) is 0 Å². The Morgan fingerprint density at radius 2 is 2.04 bits per heavy atom. The highest BCUT2D eigenvalue weighted by atomic mass is 35.5. The van der Waals surface area contributed by atoms with Gasteiger partial charge in [-0.2, -0.15) is 5.10 Å². The third-order valence-corrected chi connectivity index (χ3v) is 5.15. The maximum Gasteiger partial charge on any atom is 0.248 e. The molecule has 5 nitrogen and oxygen atoms in total. The highest BCUT2D eigenvalue weighted by Gasteiger charge is 2.41. The number of carbonyl (C=O) groups is 1. The van der Waals surface area contributed by atoms with E-state index in [1.54, 1.807) is 18.0 Å². The van der Waals surface area contributed by atoms with Crippen molar-refractivity contribution in [3.8, 4) is 0 Å².